The zero-order valence-electron chi connectivity index (χ0n) is 9.64. The normalized spacial score (nSPS) is 12.8. The maximum Gasteiger partial charge on any atom is 0.194 e. The molecule has 17 heavy (non-hydrogen) atoms. The lowest BCUT2D eigenvalue weighted by atomic mass is 10.1. The fraction of sp³-hybridized carbons (Fsp3) is 0.500. The molecule has 0 radical (unpaired) electrons. The average molecular weight is 247 g/mol. The lowest BCUT2D eigenvalue weighted by Gasteiger charge is -2.13. The average Bonchev–Trinajstić information content (AvgIpc) is 2.30. The highest BCUT2D eigenvalue weighted by atomic mass is 19.2. The third-order valence-electron chi connectivity index (χ3n) is 2.49. The molecule has 1 aromatic rings. The van der Waals surface area contributed by atoms with E-state index in [9.17, 15) is 13.2 Å². The van der Waals surface area contributed by atoms with E-state index in [0.29, 0.717) is 12.0 Å². The second-order valence-corrected chi connectivity index (χ2v) is 4.02. The summed E-state index contributed by atoms with van der Waals surface area (Å²) in [4.78, 5) is 0. The first kappa shape index (κ1) is 14.0. The van der Waals surface area contributed by atoms with Gasteiger partial charge in [-0.15, -0.1) is 0 Å². The quantitative estimate of drug-likeness (QED) is 0.756. The van der Waals surface area contributed by atoms with Crippen LogP contribution in [0.1, 0.15) is 25.3 Å². The van der Waals surface area contributed by atoms with Crippen molar-refractivity contribution in [2.75, 3.05) is 6.61 Å². The number of hydrogen-bond donors (Lipinski definition) is 2. The largest absolute Gasteiger partial charge is 0.396 e. The molecule has 96 valence electrons. The molecule has 0 aromatic heterocycles. The van der Waals surface area contributed by atoms with E-state index >= 15 is 0 Å². The molecule has 0 heterocycles. The summed E-state index contributed by atoms with van der Waals surface area (Å²) in [5.41, 5.74) is 0.359. The Hall–Kier alpha value is -1.07. The van der Waals surface area contributed by atoms with Crippen molar-refractivity contribution in [1.29, 1.82) is 0 Å². The van der Waals surface area contributed by atoms with Gasteiger partial charge in [0.15, 0.2) is 17.5 Å². The van der Waals surface area contributed by atoms with Gasteiger partial charge < -0.3 is 10.4 Å². The zero-order valence-corrected chi connectivity index (χ0v) is 9.64. The van der Waals surface area contributed by atoms with Crippen LogP contribution in [-0.4, -0.2) is 17.8 Å². The second-order valence-electron chi connectivity index (χ2n) is 4.02. The first-order chi connectivity index (χ1) is 8.04. The number of aliphatic hydroxyl groups excluding tert-OH is 1. The van der Waals surface area contributed by atoms with E-state index in [1.807, 2.05) is 6.92 Å². The minimum atomic E-state index is -1.44. The molecule has 0 amide bonds. The van der Waals surface area contributed by atoms with Crippen molar-refractivity contribution in [3.05, 3.63) is 35.1 Å². The Bertz CT molecular complexity index is 348. The Labute approximate surface area is 98.5 Å². The molecule has 5 heteroatoms. The van der Waals surface area contributed by atoms with Gasteiger partial charge in [-0.2, -0.15) is 0 Å². The summed E-state index contributed by atoms with van der Waals surface area (Å²) in [6.07, 6.45) is 1.43. The molecule has 0 saturated carbocycles. The fourth-order valence-electron chi connectivity index (χ4n) is 1.50. The SMILES string of the molecule is CC(CCCO)NCc1cc(F)c(F)c(F)c1. The number of hydrogen-bond acceptors (Lipinski definition) is 2. The minimum Gasteiger partial charge on any atom is -0.396 e. The van der Waals surface area contributed by atoms with Crippen LogP contribution in [0.4, 0.5) is 13.2 Å². The first-order valence-electron chi connectivity index (χ1n) is 5.52. The van der Waals surface area contributed by atoms with E-state index in [1.54, 1.807) is 0 Å². The van der Waals surface area contributed by atoms with Crippen LogP contribution < -0.4 is 5.32 Å². The third-order valence-corrected chi connectivity index (χ3v) is 2.49. The van der Waals surface area contributed by atoms with Gasteiger partial charge in [0.25, 0.3) is 0 Å². The van der Waals surface area contributed by atoms with Crippen molar-refractivity contribution >= 4 is 0 Å². The summed E-state index contributed by atoms with van der Waals surface area (Å²) in [5, 5.41) is 11.7. The van der Waals surface area contributed by atoms with Gasteiger partial charge in [0.2, 0.25) is 0 Å². The lowest BCUT2D eigenvalue weighted by molar-refractivity contribution is 0.276. The molecular weight excluding hydrogens is 231 g/mol. The zero-order chi connectivity index (χ0) is 12.8. The van der Waals surface area contributed by atoms with Crippen molar-refractivity contribution in [2.24, 2.45) is 0 Å². The van der Waals surface area contributed by atoms with Gasteiger partial charge >= 0.3 is 0 Å². The smallest absolute Gasteiger partial charge is 0.194 e. The minimum absolute atomic E-state index is 0.117. The van der Waals surface area contributed by atoms with Crippen LogP contribution >= 0.6 is 0 Å². The van der Waals surface area contributed by atoms with Gasteiger partial charge in [-0.1, -0.05) is 0 Å². The topological polar surface area (TPSA) is 32.3 Å². The summed E-state index contributed by atoms with van der Waals surface area (Å²) < 4.78 is 38.5. The number of halogens is 3. The first-order valence-corrected chi connectivity index (χ1v) is 5.52. The summed E-state index contributed by atoms with van der Waals surface area (Å²) in [6.45, 7) is 2.29. The Morgan fingerprint density at radius 3 is 2.35 bits per heavy atom. The lowest BCUT2D eigenvalue weighted by Crippen LogP contribution is -2.25. The van der Waals surface area contributed by atoms with Crippen LogP contribution in [-0.2, 0) is 6.54 Å². The fourth-order valence-corrected chi connectivity index (χ4v) is 1.50. The Morgan fingerprint density at radius 1 is 1.24 bits per heavy atom. The molecule has 0 bridgehead atoms. The van der Waals surface area contributed by atoms with Crippen LogP contribution in [0.3, 0.4) is 0 Å². The predicted molar refractivity (Wildman–Crippen MR) is 58.9 cm³/mol. The van der Waals surface area contributed by atoms with Crippen LogP contribution in [0, 0.1) is 17.5 Å². The van der Waals surface area contributed by atoms with Crippen LogP contribution in [0.15, 0.2) is 12.1 Å². The summed E-state index contributed by atoms with van der Waals surface area (Å²) >= 11 is 0. The van der Waals surface area contributed by atoms with Crippen LogP contribution in [0.25, 0.3) is 0 Å². The van der Waals surface area contributed by atoms with Crippen LogP contribution in [0.5, 0.6) is 0 Å². The molecule has 2 N–H and O–H groups in total. The molecule has 1 unspecified atom stereocenters. The van der Waals surface area contributed by atoms with E-state index in [2.05, 4.69) is 5.32 Å². The highest BCUT2D eigenvalue weighted by molar-refractivity contribution is 5.19. The van der Waals surface area contributed by atoms with E-state index in [4.69, 9.17) is 5.11 Å². The number of rotatable bonds is 6. The second kappa shape index (κ2) is 6.61. The molecule has 1 atom stereocenters. The molecule has 0 saturated heterocycles. The van der Waals surface area contributed by atoms with E-state index < -0.39 is 17.5 Å². The maximum atomic E-state index is 12.9. The van der Waals surface area contributed by atoms with E-state index in [1.165, 1.54) is 0 Å². The van der Waals surface area contributed by atoms with Gasteiger partial charge in [-0.25, -0.2) is 13.2 Å². The van der Waals surface area contributed by atoms with Gasteiger partial charge in [-0.3, -0.25) is 0 Å². The van der Waals surface area contributed by atoms with Crippen molar-refractivity contribution < 1.29 is 18.3 Å². The van der Waals surface area contributed by atoms with Gasteiger partial charge in [0.05, 0.1) is 0 Å². The summed E-state index contributed by atoms with van der Waals surface area (Å²) in [6, 6.07) is 2.08. The van der Waals surface area contributed by atoms with E-state index in [-0.39, 0.29) is 19.2 Å². The van der Waals surface area contributed by atoms with Crippen molar-refractivity contribution in [1.82, 2.24) is 5.32 Å². The van der Waals surface area contributed by atoms with Crippen molar-refractivity contribution in [2.45, 2.75) is 32.4 Å². The Balaban J connectivity index is 2.52. The van der Waals surface area contributed by atoms with E-state index in [0.717, 1.165) is 18.6 Å². The summed E-state index contributed by atoms with van der Waals surface area (Å²) in [5.74, 6) is -3.79. The molecule has 0 aliphatic heterocycles. The van der Waals surface area contributed by atoms with Crippen molar-refractivity contribution in [3.8, 4) is 0 Å². The molecular formula is C12H16F3NO. The standard InChI is InChI=1S/C12H16F3NO/c1-8(3-2-4-17)16-7-9-5-10(13)12(15)11(14)6-9/h5-6,8,16-17H,2-4,7H2,1H3. The van der Waals surface area contributed by atoms with Gasteiger partial charge in [0, 0.05) is 19.2 Å². The summed E-state index contributed by atoms with van der Waals surface area (Å²) in [7, 11) is 0. The number of aliphatic hydroxyl groups is 1. The molecule has 0 aliphatic carbocycles. The molecule has 0 spiro atoms. The Morgan fingerprint density at radius 2 is 1.82 bits per heavy atom. The highest BCUT2D eigenvalue weighted by Crippen LogP contribution is 2.13. The monoisotopic (exact) mass is 247 g/mol. The highest BCUT2D eigenvalue weighted by Gasteiger charge is 2.10. The third kappa shape index (κ3) is 4.36. The van der Waals surface area contributed by atoms with Crippen LogP contribution in [0.2, 0.25) is 0 Å². The van der Waals surface area contributed by atoms with Gasteiger partial charge in [-0.05, 0) is 37.5 Å². The Kier molecular flexibility index (Phi) is 5.44. The molecule has 0 fully saturated rings. The predicted octanol–water partition coefficient (Wildman–Crippen LogP) is 2.35. The molecule has 2 nitrogen and oxygen atoms in total. The van der Waals surface area contributed by atoms with Gasteiger partial charge in [0.1, 0.15) is 0 Å². The molecule has 1 rings (SSSR count). The number of nitrogens with one attached hydrogen (secondary N) is 1. The maximum absolute atomic E-state index is 12.9. The molecule has 1 aromatic carbocycles. The molecule has 0 aliphatic rings. The van der Waals surface area contributed by atoms with Crippen molar-refractivity contribution in [3.63, 3.8) is 0 Å². The number of benzene rings is 1.